The summed E-state index contributed by atoms with van der Waals surface area (Å²) in [5.74, 6) is -0.178. The second-order valence-corrected chi connectivity index (χ2v) is 5.09. The van der Waals surface area contributed by atoms with Crippen molar-refractivity contribution in [2.24, 2.45) is 0 Å². The smallest absolute Gasteiger partial charge is 0.422 e. The summed E-state index contributed by atoms with van der Waals surface area (Å²) in [6.07, 6.45) is -4.51. The van der Waals surface area contributed by atoms with Crippen molar-refractivity contribution in [2.45, 2.75) is 13.1 Å². The molecular formula is C14H12ClF3N2O4. The number of anilines is 1. The third kappa shape index (κ3) is 5.65. The number of hydrogen-bond donors (Lipinski definition) is 1. The third-order valence-electron chi connectivity index (χ3n) is 2.56. The van der Waals surface area contributed by atoms with E-state index in [0.29, 0.717) is 5.76 Å². The molecule has 1 aromatic carbocycles. The highest BCUT2D eigenvalue weighted by Crippen LogP contribution is 2.29. The molecule has 24 heavy (non-hydrogen) atoms. The van der Waals surface area contributed by atoms with Gasteiger partial charge in [0.15, 0.2) is 13.2 Å². The maximum Gasteiger partial charge on any atom is 0.422 e. The molecule has 0 spiro atoms. The Bertz CT molecular complexity index is 718. The number of ether oxygens (including phenoxy) is 2. The summed E-state index contributed by atoms with van der Waals surface area (Å²) < 4.78 is 51.2. The fourth-order valence-electron chi connectivity index (χ4n) is 1.62. The topological polar surface area (TPSA) is 73.6 Å². The summed E-state index contributed by atoms with van der Waals surface area (Å²) in [5, 5.41) is 6.12. The van der Waals surface area contributed by atoms with Crippen LogP contribution in [0.5, 0.6) is 11.6 Å². The number of aromatic nitrogens is 1. The van der Waals surface area contributed by atoms with Crippen molar-refractivity contribution >= 4 is 23.2 Å². The van der Waals surface area contributed by atoms with Crippen LogP contribution in [0.25, 0.3) is 0 Å². The maximum atomic E-state index is 12.3. The molecule has 0 fully saturated rings. The highest BCUT2D eigenvalue weighted by Gasteiger charge is 2.29. The van der Waals surface area contributed by atoms with Gasteiger partial charge in [-0.25, -0.2) is 0 Å². The Morgan fingerprint density at radius 1 is 1.33 bits per heavy atom. The molecule has 1 N–H and O–H groups in total. The Labute approximate surface area is 139 Å². The largest absolute Gasteiger partial charge is 0.482 e. The van der Waals surface area contributed by atoms with E-state index in [0.717, 1.165) is 0 Å². The Morgan fingerprint density at radius 3 is 2.71 bits per heavy atom. The second-order valence-electron chi connectivity index (χ2n) is 4.66. The SMILES string of the molecule is Cc1cc(OCC(=O)Nc2cc(Cl)ccc2OCC(F)(F)F)no1. The molecule has 2 aromatic rings. The molecule has 0 radical (unpaired) electrons. The molecule has 130 valence electrons. The molecule has 0 aliphatic heterocycles. The van der Waals surface area contributed by atoms with Crippen molar-refractivity contribution in [2.75, 3.05) is 18.5 Å². The van der Waals surface area contributed by atoms with E-state index in [1.54, 1.807) is 6.92 Å². The van der Waals surface area contributed by atoms with E-state index in [4.69, 9.17) is 20.9 Å². The first-order chi connectivity index (χ1) is 11.2. The highest BCUT2D eigenvalue weighted by molar-refractivity contribution is 6.31. The van der Waals surface area contributed by atoms with Gasteiger partial charge in [0.05, 0.1) is 5.69 Å². The van der Waals surface area contributed by atoms with Gasteiger partial charge in [-0.15, -0.1) is 0 Å². The zero-order valence-electron chi connectivity index (χ0n) is 12.3. The van der Waals surface area contributed by atoms with Gasteiger partial charge in [-0.2, -0.15) is 13.2 Å². The molecule has 1 amide bonds. The fraction of sp³-hybridized carbons (Fsp3) is 0.286. The van der Waals surface area contributed by atoms with Crippen LogP contribution in [-0.2, 0) is 4.79 Å². The molecule has 0 aliphatic carbocycles. The van der Waals surface area contributed by atoms with Gasteiger partial charge in [0.1, 0.15) is 11.5 Å². The predicted octanol–water partition coefficient (Wildman–Crippen LogP) is 3.60. The Kier molecular flexibility index (Phi) is 5.55. The van der Waals surface area contributed by atoms with Crippen molar-refractivity contribution in [1.29, 1.82) is 0 Å². The Balaban J connectivity index is 1.99. The number of nitrogens with zero attached hydrogens (tertiary/aromatic N) is 1. The first kappa shape index (κ1) is 17.9. The first-order valence-corrected chi connectivity index (χ1v) is 6.96. The first-order valence-electron chi connectivity index (χ1n) is 6.58. The van der Waals surface area contributed by atoms with Crippen molar-refractivity contribution < 1.29 is 32.0 Å². The van der Waals surface area contributed by atoms with E-state index in [2.05, 4.69) is 15.2 Å². The van der Waals surface area contributed by atoms with Crippen LogP contribution in [0, 0.1) is 6.92 Å². The van der Waals surface area contributed by atoms with Gasteiger partial charge in [-0.3, -0.25) is 4.79 Å². The van der Waals surface area contributed by atoms with Crippen LogP contribution < -0.4 is 14.8 Å². The number of nitrogens with one attached hydrogen (secondary N) is 1. The second kappa shape index (κ2) is 7.43. The highest BCUT2D eigenvalue weighted by atomic mass is 35.5. The lowest BCUT2D eigenvalue weighted by Gasteiger charge is -2.14. The molecule has 1 heterocycles. The number of rotatable bonds is 6. The average molecular weight is 365 g/mol. The van der Waals surface area contributed by atoms with Crippen LogP contribution in [0.4, 0.5) is 18.9 Å². The van der Waals surface area contributed by atoms with Gasteiger partial charge in [-0.05, 0) is 30.3 Å². The van der Waals surface area contributed by atoms with Gasteiger partial charge < -0.3 is 19.3 Å². The molecule has 0 unspecified atom stereocenters. The number of alkyl halides is 3. The van der Waals surface area contributed by atoms with Crippen LogP contribution >= 0.6 is 11.6 Å². The van der Waals surface area contributed by atoms with Crippen LogP contribution in [0.3, 0.4) is 0 Å². The molecule has 6 nitrogen and oxygen atoms in total. The lowest BCUT2D eigenvalue weighted by molar-refractivity contribution is -0.153. The molecule has 2 rings (SSSR count). The van der Waals surface area contributed by atoms with Crippen molar-refractivity contribution in [3.63, 3.8) is 0 Å². The quantitative estimate of drug-likeness (QED) is 0.847. The maximum absolute atomic E-state index is 12.3. The molecule has 0 bridgehead atoms. The van der Waals surface area contributed by atoms with Crippen molar-refractivity contribution in [1.82, 2.24) is 5.16 Å². The minimum Gasteiger partial charge on any atom is -0.482 e. The van der Waals surface area contributed by atoms with Crippen LogP contribution in [0.2, 0.25) is 5.02 Å². The number of hydrogen-bond acceptors (Lipinski definition) is 5. The predicted molar refractivity (Wildman–Crippen MR) is 78.4 cm³/mol. The Hall–Kier alpha value is -2.42. The minimum atomic E-state index is -4.51. The van der Waals surface area contributed by atoms with Gasteiger partial charge in [0.25, 0.3) is 11.8 Å². The normalized spacial score (nSPS) is 11.2. The van der Waals surface area contributed by atoms with Gasteiger partial charge >= 0.3 is 6.18 Å². The average Bonchev–Trinajstić information content (AvgIpc) is 2.89. The van der Waals surface area contributed by atoms with Crippen LogP contribution in [0.1, 0.15) is 5.76 Å². The third-order valence-corrected chi connectivity index (χ3v) is 2.80. The number of amides is 1. The van der Waals surface area contributed by atoms with Gasteiger partial charge in [0.2, 0.25) is 0 Å². The summed E-state index contributed by atoms with van der Waals surface area (Å²) >= 11 is 5.78. The van der Waals surface area contributed by atoms with E-state index >= 15 is 0 Å². The number of aryl methyl sites for hydroxylation is 1. The van der Waals surface area contributed by atoms with E-state index in [9.17, 15) is 18.0 Å². The lowest BCUT2D eigenvalue weighted by atomic mass is 10.3. The molecule has 0 atom stereocenters. The molecule has 1 aromatic heterocycles. The van der Waals surface area contributed by atoms with Crippen LogP contribution in [-0.4, -0.2) is 30.5 Å². The molecule has 0 saturated heterocycles. The molecule has 0 saturated carbocycles. The summed E-state index contributed by atoms with van der Waals surface area (Å²) in [6.45, 7) is -0.264. The van der Waals surface area contributed by atoms with Crippen molar-refractivity contribution in [3.05, 3.63) is 35.0 Å². The summed E-state index contributed by atoms with van der Waals surface area (Å²) in [5.41, 5.74) is -0.00307. The summed E-state index contributed by atoms with van der Waals surface area (Å²) in [4.78, 5) is 11.8. The van der Waals surface area contributed by atoms with Gasteiger partial charge in [0, 0.05) is 11.1 Å². The standard InChI is InChI=1S/C14H12ClF3N2O4/c1-8-4-13(20-24-8)22-6-12(21)19-10-5-9(15)2-3-11(10)23-7-14(16,17)18/h2-5H,6-7H2,1H3,(H,19,21). The van der Waals surface area contributed by atoms with E-state index in [1.807, 2.05) is 0 Å². The van der Waals surface area contributed by atoms with Crippen molar-refractivity contribution in [3.8, 4) is 11.6 Å². The van der Waals surface area contributed by atoms with E-state index in [-0.39, 0.29) is 22.3 Å². The molecule has 0 aliphatic rings. The van der Waals surface area contributed by atoms with Gasteiger partial charge in [-0.1, -0.05) is 11.6 Å². The monoisotopic (exact) mass is 364 g/mol. The summed E-state index contributed by atoms with van der Waals surface area (Å²) in [7, 11) is 0. The number of benzene rings is 1. The number of carbonyl (C=O) groups excluding carboxylic acids is 1. The fourth-order valence-corrected chi connectivity index (χ4v) is 1.79. The lowest BCUT2D eigenvalue weighted by Crippen LogP contribution is -2.22. The summed E-state index contributed by atoms with van der Waals surface area (Å²) in [6, 6.07) is 5.32. The zero-order valence-corrected chi connectivity index (χ0v) is 13.1. The number of carbonyl (C=O) groups is 1. The number of halogens is 4. The minimum absolute atomic E-state index is 0.00307. The Morgan fingerprint density at radius 2 is 2.08 bits per heavy atom. The molecular weight excluding hydrogens is 353 g/mol. The van der Waals surface area contributed by atoms with E-state index < -0.39 is 25.3 Å². The van der Waals surface area contributed by atoms with Crippen LogP contribution in [0.15, 0.2) is 28.8 Å². The molecule has 10 heteroatoms. The van der Waals surface area contributed by atoms with E-state index in [1.165, 1.54) is 24.3 Å². The zero-order chi connectivity index (χ0) is 17.7.